The molecule has 0 atom stereocenters. The number of aromatic hydroxyl groups is 1. The Morgan fingerprint density at radius 1 is 1.29 bits per heavy atom. The van der Waals surface area contributed by atoms with Crippen molar-refractivity contribution in [2.45, 2.75) is 18.8 Å². The van der Waals surface area contributed by atoms with Crippen LogP contribution in [-0.4, -0.2) is 18.2 Å². The molecule has 0 bridgehead atoms. The maximum atomic E-state index is 9.74. The largest absolute Gasteiger partial charge is 0.508 e. The van der Waals surface area contributed by atoms with Gasteiger partial charge in [-0.15, -0.1) is 0 Å². The average Bonchev–Trinajstić information content (AvgIpc) is 2.19. The number of halogens is 1. The Hall–Kier alpha value is -0.730. The fourth-order valence-corrected chi connectivity index (χ4v) is 2.36. The van der Waals surface area contributed by atoms with Gasteiger partial charge in [0.1, 0.15) is 5.75 Å². The van der Waals surface area contributed by atoms with Crippen molar-refractivity contribution in [1.82, 2.24) is 5.32 Å². The van der Waals surface area contributed by atoms with E-state index in [0.29, 0.717) is 16.7 Å². The Labute approximate surface area is 88.9 Å². The molecule has 14 heavy (non-hydrogen) atoms. The number of hydrogen-bond acceptors (Lipinski definition) is 2. The van der Waals surface area contributed by atoms with Gasteiger partial charge in [-0.05, 0) is 44.0 Å². The number of nitrogens with one attached hydrogen (secondary N) is 1. The number of rotatable bonds is 1. The Kier molecular flexibility index (Phi) is 2.94. The highest BCUT2D eigenvalue weighted by Gasteiger charge is 2.20. The van der Waals surface area contributed by atoms with Crippen LogP contribution in [0.4, 0.5) is 0 Å². The summed E-state index contributed by atoms with van der Waals surface area (Å²) < 4.78 is 0. The molecule has 1 heterocycles. The van der Waals surface area contributed by atoms with Crippen molar-refractivity contribution < 1.29 is 5.11 Å². The molecule has 1 aromatic carbocycles. The Balaban J connectivity index is 2.29. The zero-order chi connectivity index (χ0) is 9.97. The fourth-order valence-electron chi connectivity index (χ4n) is 2.04. The van der Waals surface area contributed by atoms with E-state index in [1.165, 1.54) is 0 Å². The summed E-state index contributed by atoms with van der Waals surface area (Å²) in [6.07, 6.45) is 2.11. The van der Waals surface area contributed by atoms with Gasteiger partial charge in [0.15, 0.2) is 0 Å². The van der Waals surface area contributed by atoms with Crippen LogP contribution in [0.2, 0.25) is 5.02 Å². The summed E-state index contributed by atoms with van der Waals surface area (Å²) in [5, 5.41) is 13.7. The molecule has 3 heteroatoms. The molecule has 1 saturated heterocycles. The van der Waals surface area contributed by atoms with Crippen molar-refractivity contribution in [3.63, 3.8) is 0 Å². The molecule has 0 saturated carbocycles. The van der Waals surface area contributed by atoms with Gasteiger partial charge in [0.2, 0.25) is 0 Å². The standard InChI is InChI=1S/C11H14ClNO/c12-9-2-1-3-10(14)11(9)8-4-6-13-7-5-8/h1-3,8,13-14H,4-7H2. The maximum Gasteiger partial charge on any atom is 0.120 e. The lowest BCUT2D eigenvalue weighted by Gasteiger charge is -2.24. The molecule has 1 fully saturated rings. The lowest BCUT2D eigenvalue weighted by atomic mass is 9.89. The van der Waals surface area contributed by atoms with Gasteiger partial charge in [-0.1, -0.05) is 17.7 Å². The molecule has 1 aliphatic rings. The predicted molar refractivity (Wildman–Crippen MR) is 58.0 cm³/mol. The first-order valence-electron chi connectivity index (χ1n) is 4.97. The molecule has 1 aromatic rings. The van der Waals surface area contributed by atoms with Crippen molar-refractivity contribution in [2.24, 2.45) is 0 Å². The summed E-state index contributed by atoms with van der Waals surface area (Å²) in [6.45, 7) is 2.02. The van der Waals surface area contributed by atoms with Crippen LogP contribution in [0.25, 0.3) is 0 Å². The SMILES string of the molecule is Oc1cccc(Cl)c1C1CCNCC1. The Bertz CT molecular complexity index is 301. The summed E-state index contributed by atoms with van der Waals surface area (Å²) in [6, 6.07) is 5.34. The van der Waals surface area contributed by atoms with Crippen LogP contribution in [0.15, 0.2) is 18.2 Å². The molecule has 0 unspecified atom stereocenters. The van der Waals surface area contributed by atoms with Gasteiger partial charge in [-0.2, -0.15) is 0 Å². The van der Waals surface area contributed by atoms with Gasteiger partial charge in [0.25, 0.3) is 0 Å². The average molecular weight is 212 g/mol. The monoisotopic (exact) mass is 211 g/mol. The van der Waals surface area contributed by atoms with Crippen molar-refractivity contribution in [2.75, 3.05) is 13.1 Å². The third kappa shape index (κ3) is 1.86. The molecular weight excluding hydrogens is 198 g/mol. The first-order chi connectivity index (χ1) is 6.79. The topological polar surface area (TPSA) is 32.3 Å². The smallest absolute Gasteiger partial charge is 0.120 e. The van der Waals surface area contributed by atoms with E-state index in [-0.39, 0.29) is 0 Å². The van der Waals surface area contributed by atoms with Gasteiger partial charge in [0, 0.05) is 10.6 Å². The van der Waals surface area contributed by atoms with E-state index in [9.17, 15) is 5.11 Å². The van der Waals surface area contributed by atoms with Gasteiger partial charge in [0.05, 0.1) is 0 Å². The van der Waals surface area contributed by atoms with Crippen LogP contribution < -0.4 is 5.32 Å². The maximum absolute atomic E-state index is 9.74. The van der Waals surface area contributed by atoms with E-state index < -0.39 is 0 Å². The molecule has 0 amide bonds. The molecule has 1 aliphatic heterocycles. The Morgan fingerprint density at radius 3 is 2.64 bits per heavy atom. The highest BCUT2D eigenvalue weighted by Crippen LogP contribution is 2.36. The number of phenols is 1. The van der Waals surface area contributed by atoms with Crippen LogP contribution in [-0.2, 0) is 0 Å². The molecule has 2 N–H and O–H groups in total. The molecule has 0 spiro atoms. The van der Waals surface area contributed by atoms with Crippen molar-refractivity contribution in [1.29, 1.82) is 0 Å². The van der Waals surface area contributed by atoms with Crippen LogP contribution in [0, 0.1) is 0 Å². The van der Waals surface area contributed by atoms with E-state index in [2.05, 4.69) is 5.32 Å². The minimum absolute atomic E-state index is 0.337. The normalized spacial score (nSPS) is 18.4. The first kappa shape index (κ1) is 9.81. The second-order valence-corrected chi connectivity index (χ2v) is 4.10. The van der Waals surface area contributed by atoms with E-state index in [4.69, 9.17) is 11.6 Å². The van der Waals surface area contributed by atoms with Crippen LogP contribution in [0.5, 0.6) is 5.75 Å². The zero-order valence-electron chi connectivity index (χ0n) is 7.96. The van der Waals surface area contributed by atoms with Gasteiger partial charge in [-0.3, -0.25) is 0 Å². The fraction of sp³-hybridized carbons (Fsp3) is 0.455. The third-order valence-corrected chi connectivity index (χ3v) is 3.11. The van der Waals surface area contributed by atoms with E-state index in [0.717, 1.165) is 31.5 Å². The third-order valence-electron chi connectivity index (χ3n) is 2.78. The Morgan fingerprint density at radius 2 is 2.00 bits per heavy atom. The lowest BCUT2D eigenvalue weighted by molar-refractivity contribution is 0.424. The predicted octanol–water partition coefficient (Wildman–Crippen LogP) is 2.51. The summed E-state index contributed by atoms with van der Waals surface area (Å²) in [7, 11) is 0. The second kappa shape index (κ2) is 4.20. The number of phenolic OH excluding ortho intramolecular Hbond substituents is 1. The van der Waals surface area contributed by atoms with E-state index in [1.54, 1.807) is 12.1 Å². The van der Waals surface area contributed by atoms with Crippen LogP contribution in [0.1, 0.15) is 24.3 Å². The highest BCUT2D eigenvalue weighted by molar-refractivity contribution is 6.31. The van der Waals surface area contributed by atoms with Crippen molar-refractivity contribution >= 4 is 11.6 Å². The van der Waals surface area contributed by atoms with Gasteiger partial charge >= 0.3 is 0 Å². The van der Waals surface area contributed by atoms with E-state index in [1.807, 2.05) is 6.07 Å². The molecule has 2 nitrogen and oxygen atoms in total. The van der Waals surface area contributed by atoms with Gasteiger partial charge in [-0.25, -0.2) is 0 Å². The minimum atomic E-state index is 0.337. The molecule has 0 radical (unpaired) electrons. The molecular formula is C11H14ClNO. The lowest BCUT2D eigenvalue weighted by Crippen LogP contribution is -2.26. The molecule has 0 aliphatic carbocycles. The number of piperidine rings is 1. The first-order valence-corrected chi connectivity index (χ1v) is 5.35. The number of benzene rings is 1. The summed E-state index contributed by atoms with van der Waals surface area (Å²) in [4.78, 5) is 0. The quantitative estimate of drug-likeness (QED) is 0.748. The molecule has 0 aromatic heterocycles. The summed E-state index contributed by atoms with van der Waals surface area (Å²) >= 11 is 6.08. The van der Waals surface area contributed by atoms with Crippen LogP contribution in [0.3, 0.4) is 0 Å². The second-order valence-electron chi connectivity index (χ2n) is 3.70. The van der Waals surface area contributed by atoms with E-state index >= 15 is 0 Å². The molecule has 76 valence electrons. The zero-order valence-corrected chi connectivity index (χ0v) is 8.72. The summed E-state index contributed by atoms with van der Waals surface area (Å²) in [5.41, 5.74) is 0.927. The van der Waals surface area contributed by atoms with Crippen LogP contribution >= 0.6 is 11.6 Å². The minimum Gasteiger partial charge on any atom is -0.508 e. The van der Waals surface area contributed by atoms with Crippen molar-refractivity contribution in [3.8, 4) is 5.75 Å². The van der Waals surface area contributed by atoms with Gasteiger partial charge < -0.3 is 10.4 Å². The summed E-state index contributed by atoms with van der Waals surface area (Å²) in [5.74, 6) is 0.745. The highest BCUT2D eigenvalue weighted by atomic mass is 35.5. The number of hydrogen-bond donors (Lipinski definition) is 2. The van der Waals surface area contributed by atoms with Crippen molar-refractivity contribution in [3.05, 3.63) is 28.8 Å². The molecule has 2 rings (SSSR count).